The summed E-state index contributed by atoms with van der Waals surface area (Å²) >= 11 is 9.22. The minimum atomic E-state index is -0.149. The Balaban J connectivity index is 2.17. The summed E-state index contributed by atoms with van der Waals surface area (Å²) in [4.78, 5) is 12.3. The summed E-state index contributed by atoms with van der Waals surface area (Å²) in [7, 11) is 1.88. The number of amides is 1. The van der Waals surface area contributed by atoms with Gasteiger partial charge in [0.05, 0.1) is 17.8 Å². The SMILES string of the molecule is Cc1c(C(C)NC(=O)c2ccc(Cl)cc2Br)cnn1C. The van der Waals surface area contributed by atoms with Crippen molar-refractivity contribution in [3.05, 3.63) is 50.7 Å². The fraction of sp³-hybridized carbons (Fsp3) is 0.286. The largest absolute Gasteiger partial charge is 0.345 e. The van der Waals surface area contributed by atoms with Gasteiger partial charge in [0.1, 0.15) is 0 Å². The summed E-state index contributed by atoms with van der Waals surface area (Å²) in [5.74, 6) is -0.149. The number of hydrogen-bond donors (Lipinski definition) is 1. The summed E-state index contributed by atoms with van der Waals surface area (Å²) in [6.07, 6.45) is 1.77. The van der Waals surface area contributed by atoms with Gasteiger partial charge in [0, 0.05) is 27.8 Å². The van der Waals surface area contributed by atoms with Crippen LogP contribution in [-0.2, 0) is 7.05 Å². The van der Waals surface area contributed by atoms with Crippen LogP contribution in [0.1, 0.15) is 34.6 Å². The minimum absolute atomic E-state index is 0.112. The highest BCUT2D eigenvalue weighted by Crippen LogP contribution is 2.23. The lowest BCUT2D eigenvalue weighted by Gasteiger charge is -2.14. The molecule has 0 bridgehead atoms. The van der Waals surface area contributed by atoms with Crippen molar-refractivity contribution in [1.82, 2.24) is 15.1 Å². The molecule has 2 aromatic rings. The Morgan fingerprint density at radius 1 is 1.50 bits per heavy atom. The monoisotopic (exact) mass is 355 g/mol. The van der Waals surface area contributed by atoms with Crippen molar-refractivity contribution in [2.45, 2.75) is 19.9 Å². The van der Waals surface area contributed by atoms with Crippen molar-refractivity contribution in [1.29, 1.82) is 0 Å². The molecule has 1 aromatic heterocycles. The summed E-state index contributed by atoms with van der Waals surface area (Å²) in [5, 5.41) is 7.73. The average molecular weight is 357 g/mol. The molecule has 1 atom stereocenters. The van der Waals surface area contributed by atoms with Crippen molar-refractivity contribution in [2.24, 2.45) is 7.05 Å². The zero-order valence-electron chi connectivity index (χ0n) is 11.4. The Bertz CT molecular complexity index is 654. The smallest absolute Gasteiger partial charge is 0.252 e. The molecule has 0 aliphatic carbocycles. The Hall–Kier alpha value is -1.33. The van der Waals surface area contributed by atoms with E-state index in [4.69, 9.17) is 11.6 Å². The Labute approximate surface area is 131 Å². The molecule has 0 saturated heterocycles. The molecule has 106 valence electrons. The topological polar surface area (TPSA) is 46.9 Å². The molecule has 20 heavy (non-hydrogen) atoms. The van der Waals surface area contributed by atoms with Gasteiger partial charge in [-0.1, -0.05) is 11.6 Å². The second-order valence-electron chi connectivity index (χ2n) is 4.63. The average Bonchev–Trinajstić information content (AvgIpc) is 2.69. The molecular formula is C14H15BrClN3O. The van der Waals surface area contributed by atoms with Crippen LogP contribution in [0.4, 0.5) is 0 Å². The highest BCUT2D eigenvalue weighted by Gasteiger charge is 2.17. The fourth-order valence-corrected chi connectivity index (χ4v) is 2.83. The van der Waals surface area contributed by atoms with E-state index in [0.29, 0.717) is 15.1 Å². The van der Waals surface area contributed by atoms with Crippen molar-refractivity contribution in [3.8, 4) is 0 Å². The molecule has 4 nitrogen and oxygen atoms in total. The standard InChI is InChI=1S/C14H15BrClN3O/c1-8(12-7-17-19(3)9(12)2)18-14(20)11-5-4-10(16)6-13(11)15/h4-8H,1-3H3,(H,18,20). The van der Waals surface area contributed by atoms with E-state index in [9.17, 15) is 4.79 Å². The molecule has 1 aromatic carbocycles. The normalized spacial score (nSPS) is 12.2. The molecule has 0 aliphatic heterocycles. The molecule has 0 saturated carbocycles. The summed E-state index contributed by atoms with van der Waals surface area (Å²) in [6.45, 7) is 3.91. The summed E-state index contributed by atoms with van der Waals surface area (Å²) < 4.78 is 2.47. The molecule has 1 amide bonds. The number of carbonyl (C=O) groups excluding carboxylic acids is 1. The number of hydrogen-bond acceptors (Lipinski definition) is 2. The predicted octanol–water partition coefficient (Wildman–Crippen LogP) is 3.64. The van der Waals surface area contributed by atoms with Crippen LogP contribution in [0.3, 0.4) is 0 Å². The van der Waals surface area contributed by atoms with Gasteiger partial charge in [0.15, 0.2) is 0 Å². The first kappa shape index (κ1) is 15.1. The second-order valence-corrected chi connectivity index (χ2v) is 5.92. The van der Waals surface area contributed by atoms with Gasteiger partial charge in [-0.25, -0.2) is 0 Å². The zero-order valence-corrected chi connectivity index (χ0v) is 13.8. The maximum absolute atomic E-state index is 12.3. The predicted molar refractivity (Wildman–Crippen MR) is 83.0 cm³/mol. The molecule has 0 fully saturated rings. The lowest BCUT2D eigenvalue weighted by atomic mass is 10.1. The third-order valence-corrected chi connectivity index (χ3v) is 4.15. The Kier molecular flexibility index (Phi) is 4.50. The molecule has 0 radical (unpaired) electrons. The van der Waals surface area contributed by atoms with Crippen molar-refractivity contribution in [3.63, 3.8) is 0 Å². The molecule has 1 heterocycles. The summed E-state index contributed by atoms with van der Waals surface area (Å²) in [5.41, 5.74) is 2.60. The maximum Gasteiger partial charge on any atom is 0.252 e. The van der Waals surface area contributed by atoms with Gasteiger partial charge < -0.3 is 5.32 Å². The first-order chi connectivity index (χ1) is 9.40. The van der Waals surface area contributed by atoms with Crippen LogP contribution < -0.4 is 5.32 Å². The number of nitrogens with zero attached hydrogens (tertiary/aromatic N) is 2. The van der Waals surface area contributed by atoms with E-state index in [0.717, 1.165) is 11.3 Å². The van der Waals surface area contributed by atoms with Gasteiger partial charge in [0.25, 0.3) is 5.91 Å². The van der Waals surface area contributed by atoms with Gasteiger partial charge in [-0.05, 0) is 48.0 Å². The van der Waals surface area contributed by atoms with Gasteiger partial charge in [0.2, 0.25) is 0 Å². The van der Waals surface area contributed by atoms with Crippen LogP contribution in [0.15, 0.2) is 28.9 Å². The van der Waals surface area contributed by atoms with Crippen LogP contribution in [0, 0.1) is 6.92 Å². The van der Waals surface area contributed by atoms with Gasteiger partial charge >= 0.3 is 0 Å². The van der Waals surface area contributed by atoms with Gasteiger partial charge in [-0.3, -0.25) is 9.48 Å². The molecule has 0 spiro atoms. The van der Waals surface area contributed by atoms with E-state index in [-0.39, 0.29) is 11.9 Å². The number of benzene rings is 1. The Morgan fingerprint density at radius 2 is 2.20 bits per heavy atom. The van der Waals surface area contributed by atoms with Crippen LogP contribution in [0.5, 0.6) is 0 Å². The number of rotatable bonds is 3. The molecular weight excluding hydrogens is 342 g/mol. The number of nitrogens with one attached hydrogen (secondary N) is 1. The first-order valence-corrected chi connectivity index (χ1v) is 7.31. The lowest BCUT2D eigenvalue weighted by molar-refractivity contribution is 0.0939. The third-order valence-electron chi connectivity index (χ3n) is 3.26. The van der Waals surface area contributed by atoms with Gasteiger partial charge in [-0.15, -0.1) is 0 Å². The minimum Gasteiger partial charge on any atom is -0.345 e. The van der Waals surface area contributed by atoms with Crippen molar-refractivity contribution >= 4 is 33.4 Å². The number of aromatic nitrogens is 2. The van der Waals surface area contributed by atoms with Crippen LogP contribution in [0.2, 0.25) is 5.02 Å². The molecule has 1 N–H and O–H groups in total. The van der Waals surface area contributed by atoms with Crippen LogP contribution >= 0.6 is 27.5 Å². The molecule has 6 heteroatoms. The molecule has 1 unspecified atom stereocenters. The second kappa shape index (κ2) is 5.97. The summed E-state index contributed by atoms with van der Waals surface area (Å²) in [6, 6.07) is 4.99. The number of carbonyl (C=O) groups is 1. The van der Waals surface area contributed by atoms with Crippen molar-refractivity contribution in [2.75, 3.05) is 0 Å². The van der Waals surface area contributed by atoms with E-state index in [1.165, 1.54) is 0 Å². The lowest BCUT2D eigenvalue weighted by Crippen LogP contribution is -2.27. The third kappa shape index (κ3) is 3.04. The highest BCUT2D eigenvalue weighted by atomic mass is 79.9. The van der Waals surface area contributed by atoms with E-state index in [1.807, 2.05) is 20.9 Å². The number of halogens is 2. The Morgan fingerprint density at radius 3 is 2.75 bits per heavy atom. The first-order valence-electron chi connectivity index (χ1n) is 6.14. The van der Waals surface area contributed by atoms with Crippen LogP contribution in [0.25, 0.3) is 0 Å². The van der Waals surface area contributed by atoms with E-state index in [1.54, 1.807) is 29.1 Å². The fourth-order valence-electron chi connectivity index (χ4n) is 1.97. The molecule has 0 aliphatic rings. The van der Waals surface area contributed by atoms with E-state index >= 15 is 0 Å². The van der Waals surface area contributed by atoms with E-state index in [2.05, 4.69) is 26.3 Å². The van der Waals surface area contributed by atoms with E-state index < -0.39 is 0 Å². The van der Waals surface area contributed by atoms with Gasteiger partial charge in [-0.2, -0.15) is 5.10 Å². The van der Waals surface area contributed by atoms with Crippen LogP contribution in [-0.4, -0.2) is 15.7 Å². The number of aryl methyl sites for hydroxylation is 1. The maximum atomic E-state index is 12.3. The van der Waals surface area contributed by atoms with Crippen molar-refractivity contribution < 1.29 is 4.79 Å². The zero-order chi connectivity index (χ0) is 14.9. The molecule has 2 rings (SSSR count). The highest BCUT2D eigenvalue weighted by molar-refractivity contribution is 9.10. The quantitative estimate of drug-likeness (QED) is 0.913.